The molecule has 0 unspecified atom stereocenters. The first kappa shape index (κ1) is 13.2. The van der Waals surface area contributed by atoms with Crippen molar-refractivity contribution in [2.75, 3.05) is 0 Å². The van der Waals surface area contributed by atoms with E-state index in [0.29, 0.717) is 0 Å². The molecule has 51 valence electrons. The first-order valence-corrected chi connectivity index (χ1v) is 2.89. The third-order valence-electron chi connectivity index (χ3n) is 1.15. The van der Waals surface area contributed by atoms with E-state index in [0.717, 1.165) is 6.42 Å². The van der Waals surface area contributed by atoms with Crippen LogP contribution in [0.3, 0.4) is 0 Å². The van der Waals surface area contributed by atoms with Gasteiger partial charge < -0.3 is 24.0 Å². The summed E-state index contributed by atoms with van der Waals surface area (Å²) in [7, 11) is 0. The van der Waals surface area contributed by atoms with Crippen LogP contribution in [0.15, 0.2) is 24.3 Å². The topological polar surface area (TPSA) is 0 Å². The fourth-order valence-corrected chi connectivity index (χ4v) is 0.650. The standard InChI is InChI=1S/C8H9.HI.Zn/c1-2-8-6-4-3-5-7-8;;/h3-6H,2H2,1H3;1H;/p-1. The van der Waals surface area contributed by atoms with Gasteiger partial charge in [-0.25, -0.2) is 0 Å². The maximum Gasteiger partial charge on any atom is 0 e. The molecule has 10 heavy (non-hydrogen) atoms. The van der Waals surface area contributed by atoms with Crippen LogP contribution in [0.5, 0.6) is 0 Å². The monoisotopic (exact) mass is 296 g/mol. The van der Waals surface area contributed by atoms with Crippen molar-refractivity contribution >= 4 is 0 Å². The van der Waals surface area contributed by atoms with Crippen LogP contribution in [0, 0.1) is 6.07 Å². The summed E-state index contributed by atoms with van der Waals surface area (Å²) in [4.78, 5) is 0. The smallest absolute Gasteiger partial charge is 0 e. The zero-order valence-corrected chi connectivity index (χ0v) is 11.2. The average molecular weight is 297 g/mol. The third kappa shape index (κ3) is 4.40. The van der Waals surface area contributed by atoms with Crippen molar-refractivity contribution in [2.24, 2.45) is 0 Å². The van der Waals surface area contributed by atoms with Gasteiger partial charge in [0.25, 0.3) is 0 Å². The molecule has 0 bridgehead atoms. The van der Waals surface area contributed by atoms with Gasteiger partial charge in [-0.05, 0) is 18.1 Å². The van der Waals surface area contributed by atoms with Crippen molar-refractivity contribution in [1.29, 1.82) is 0 Å². The van der Waals surface area contributed by atoms with Gasteiger partial charge in [0.1, 0.15) is 0 Å². The van der Waals surface area contributed by atoms with Crippen molar-refractivity contribution in [1.82, 2.24) is 0 Å². The summed E-state index contributed by atoms with van der Waals surface area (Å²) in [6, 6.07) is 11.2. The fourth-order valence-electron chi connectivity index (χ4n) is 0.650. The molecule has 0 amide bonds. The summed E-state index contributed by atoms with van der Waals surface area (Å²) < 4.78 is 0. The van der Waals surface area contributed by atoms with Crippen LogP contribution in [0.2, 0.25) is 0 Å². The van der Waals surface area contributed by atoms with Crippen LogP contribution in [0.25, 0.3) is 0 Å². The van der Waals surface area contributed by atoms with Gasteiger partial charge in [0.15, 0.2) is 0 Å². The van der Waals surface area contributed by atoms with Crippen LogP contribution in [-0.2, 0) is 25.9 Å². The fraction of sp³-hybridized carbons (Fsp3) is 0.250. The van der Waals surface area contributed by atoms with Gasteiger partial charge in [-0.15, -0.1) is 0 Å². The molecular formula is C8H9IZn-. The van der Waals surface area contributed by atoms with Crippen molar-refractivity contribution in [3.63, 3.8) is 0 Å². The number of rotatable bonds is 1. The SMILES string of the molecule is CCc1[c]cccc1.[I-].[Zn]. The minimum absolute atomic E-state index is 0. The van der Waals surface area contributed by atoms with Gasteiger partial charge in [0.05, 0.1) is 0 Å². The zero-order chi connectivity index (χ0) is 5.82. The maximum atomic E-state index is 3.12. The molecule has 1 aromatic carbocycles. The van der Waals surface area contributed by atoms with Gasteiger partial charge in [-0.1, -0.05) is 31.2 Å². The van der Waals surface area contributed by atoms with E-state index in [1.807, 2.05) is 18.2 Å². The largest absolute Gasteiger partial charge is 1.00 e. The third-order valence-corrected chi connectivity index (χ3v) is 1.15. The molecule has 0 heterocycles. The van der Waals surface area contributed by atoms with Crippen LogP contribution >= 0.6 is 0 Å². The Kier molecular flexibility index (Phi) is 10.1. The van der Waals surface area contributed by atoms with Crippen LogP contribution in [0.1, 0.15) is 12.5 Å². The molecule has 0 aromatic heterocycles. The van der Waals surface area contributed by atoms with Crippen LogP contribution in [0.4, 0.5) is 0 Å². The summed E-state index contributed by atoms with van der Waals surface area (Å²) in [5, 5.41) is 0. The number of halogens is 1. The molecule has 0 atom stereocenters. The first-order valence-electron chi connectivity index (χ1n) is 2.89. The van der Waals surface area contributed by atoms with E-state index < -0.39 is 0 Å². The van der Waals surface area contributed by atoms with Crippen molar-refractivity contribution in [3.05, 3.63) is 35.9 Å². The predicted octanol–water partition coefficient (Wildman–Crippen LogP) is -0.949. The molecule has 0 nitrogen and oxygen atoms in total. The Balaban J connectivity index is 0. The second-order valence-corrected chi connectivity index (χ2v) is 1.74. The Morgan fingerprint density at radius 3 is 2.40 bits per heavy atom. The Bertz CT molecular complexity index is 151. The van der Waals surface area contributed by atoms with E-state index in [1.165, 1.54) is 5.56 Å². The summed E-state index contributed by atoms with van der Waals surface area (Å²) in [5.74, 6) is 0. The van der Waals surface area contributed by atoms with Gasteiger partial charge in [0, 0.05) is 19.5 Å². The molecule has 2 heteroatoms. The Morgan fingerprint density at radius 1 is 1.40 bits per heavy atom. The predicted molar refractivity (Wildman–Crippen MR) is 34.7 cm³/mol. The molecule has 0 aliphatic heterocycles. The summed E-state index contributed by atoms with van der Waals surface area (Å²) in [6.45, 7) is 2.13. The zero-order valence-electron chi connectivity index (χ0n) is 6.10. The van der Waals surface area contributed by atoms with E-state index in [4.69, 9.17) is 0 Å². The Hall–Kier alpha value is 0.573. The molecule has 1 aromatic rings. The Morgan fingerprint density at radius 2 is 2.10 bits per heavy atom. The summed E-state index contributed by atoms with van der Waals surface area (Å²) in [6.07, 6.45) is 1.08. The van der Waals surface area contributed by atoms with E-state index in [9.17, 15) is 0 Å². The molecular weight excluding hydrogens is 288 g/mol. The number of hydrogen-bond donors (Lipinski definition) is 0. The van der Waals surface area contributed by atoms with Crippen molar-refractivity contribution in [3.8, 4) is 0 Å². The van der Waals surface area contributed by atoms with Gasteiger partial charge in [-0.3, -0.25) is 0 Å². The van der Waals surface area contributed by atoms with Crippen molar-refractivity contribution < 1.29 is 43.5 Å². The van der Waals surface area contributed by atoms with E-state index in [1.54, 1.807) is 0 Å². The second kappa shape index (κ2) is 7.68. The molecule has 0 saturated heterocycles. The maximum absolute atomic E-state index is 3.12. The Labute approximate surface area is 92.2 Å². The van der Waals surface area contributed by atoms with Gasteiger partial charge in [-0.2, -0.15) is 0 Å². The van der Waals surface area contributed by atoms with Gasteiger partial charge in [0.2, 0.25) is 0 Å². The van der Waals surface area contributed by atoms with Crippen LogP contribution in [-0.4, -0.2) is 0 Å². The molecule has 0 fully saturated rings. The minimum atomic E-state index is 0. The van der Waals surface area contributed by atoms with E-state index in [-0.39, 0.29) is 43.5 Å². The first-order chi connectivity index (χ1) is 3.93. The van der Waals surface area contributed by atoms with Crippen LogP contribution < -0.4 is 24.0 Å². The number of hydrogen-bond acceptors (Lipinski definition) is 0. The summed E-state index contributed by atoms with van der Waals surface area (Å²) in [5.41, 5.74) is 1.28. The van der Waals surface area contributed by atoms with E-state index in [2.05, 4.69) is 19.1 Å². The molecule has 0 saturated carbocycles. The molecule has 1 rings (SSSR count). The molecule has 0 spiro atoms. The second-order valence-electron chi connectivity index (χ2n) is 1.74. The average Bonchev–Trinajstić information content (AvgIpc) is 1.90. The van der Waals surface area contributed by atoms with Gasteiger partial charge >= 0.3 is 0 Å². The quantitative estimate of drug-likeness (QED) is 0.463. The van der Waals surface area contributed by atoms with E-state index >= 15 is 0 Å². The minimum Gasteiger partial charge on any atom is -1.00 e. The molecule has 0 aliphatic rings. The number of aryl methyl sites for hydroxylation is 1. The summed E-state index contributed by atoms with van der Waals surface area (Å²) >= 11 is 0. The van der Waals surface area contributed by atoms with Crippen molar-refractivity contribution in [2.45, 2.75) is 13.3 Å². The molecule has 0 aliphatic carbocycles. The number of benzene rings is 1. The normalized spacial score (nSPS) is 7.30. The molecule has 1 radical (unpaired) electrons. The molecule has 0 N–H and O–H groups in total.